The number of thiophene rings is 1. The van der Waals surface area contributed by atoms with Gasteiger partial charge < -0.3 is 10.2 Å². The first kappa shape index (κ1) is 14.8. The van der Waals surface area contributed by atoms with Crippen LogP contribution in [-0.4, -0.2) is 36.3 Å². The Labute approximate surface area is 118 Å². The summed E-state index contributed by atoms with van der Waals surface area (Å²) < 4.78 is 38.2. The summed E-state index contributed by atoms with van der Waals surface area (Å²) in [6, 6.07) is 1.76. The maximum atomic E-state index is 12.7. The number of nitrogens with one attached hydrogen (secondary N) is 1. The predicted molar refractivity (Wildman–Crippen MR) is 75.5 cm³/mol. The molecule has 110 valence electrons. The maximum absolute atomic E-state index is 12.7. The second kappa shape index (κ2) is 5.82. The number of nitrogens with zero attached hydrogens (tertiary/aromatic N) is 3. The largest absolute Gasteiger partial charge is 0.405 e. The van der Waals surface area contributed by atoms with E-state index in [4.69, 9.17) is 0 Å². The number of anilines is 2. The molecule has 8 heteroatoms. The van der Waals surface area contributed by atoms with Crippen LogP contribution in [-0.2, 0) is 0 Å². The van der Waals surface area contributed by atoms with Gasteiger partial charge >= 0.3 is 6.18 Å². The Morgan fingerprint density at radius 3 is 2.70 bits per heavy atom. The molecule has 0 aliphatic carbocycles. The quantitative estimate of drug-likeness (QED) is 0.918. The number of hydrogen-bond acceptors (Lipinski definition) is 5. The second-order valence-corrected chi connectivity index (χ2v) is 5.19. The average Bonchev–Trinajstić information content (AvgIpc) is 2.83. The molecule has 0 aromatic carbocycles. The summed E-state index contributed by atoms with van der Waals surface area (Å²) in [6.07, 6.45) is -3.65. The van der Waals surface area contributed by atoms with Crippen molar-refractivity contribution in [2.75, 3.05) is 30.4 Å². The van der Waals surface area contributed by atoms with Crippen molar-refractivity contribution in [3.05, 3.63) is 11.4 Å². The fraction of sp³-hybridized carbons (Fsp3) is 0.500. The summed E-state index contributed by atoms with van der Waals surface area (Å²) in [5.41, 5.74) is 0. The van der Waals surface area contributed by atoms with Crippen LogP contribution in [0.2, 0.25) is 0 Å². The molecule has 2 rings (SSSR count). The average molecular weight is 304 g/mol. The van der Waals surface area contributed by atoms with Crippen LogP contribution in [0.3, 0.4) is 0 Å². The van der Waals surface area contributed by atoms with Gasteiger partial charge in [0.25, 0.3) is 0 Å². The third-order valence-corrected chi connectivity index (χ3v) is 3.50. The number of aromatic nitrogens is 2. The van der Waals surface area contributed by atoms with E-state index in [1.807, 2.05) is 6.92 Å². The van der Waals surface area contributed by atoms with Crippen LogP contribution in [0.1, 0.15) is 13.3 Å². The van der Waals surface area contributed by atoms with Gasteiger partial charge in [0.05, 0.1) is 5.39 Å². The molecule has 0 aliphatic heterocycles. The molecule has 4 nitrogen and oxygen atoms in total. The Morgan fingerprint density at radius 2 is 2.10 bits per heavy atom. The standard InChI is InChI=1S/C12H15F3N4S/c1-3-5-19(7-12(13,14)15)9-8-4-6-20-10(8)18-11(16-2)17-9/h4,6H,3,5,7H2,1-2H3,(H,16,17,18). The highest BCUT2D eigenvalue weighted by Crippen LogP contribution is 2.31. The fourth-order valence-corrected chi connectivity index (χ4v) is 2.70. The van der Waals surface area contributed by atoms with Crippen molar-refractivity contribution in [2.24, 2.45) is 0 Å². The van der Waals surface area contributed by atoms with Gasteiger partial charge in [-0.05, 0) is 17.9 Å². The molecule has 0 atom stereocenters. The molecule has 2 aromatic rings. The second-order valence-electron chi connectivity index (χ2n) is 4.30. The lowest BCUT2D eigenvalue weighted by molar-refractivity contribution is -0.119. The number of rotatable bonds is 5. The smallest absolute Gasteiger partial charge is 0.357 e. The highest BCUT2D eigenvalue weighted by atomic mass is 32.1. The minimum absolute atomic E-state index is 0.296. The Kier molecular flexibility index (Phi) is 4.32. The summed E-state index contributed by atoms with van der Waals surface area (Å²) >= 11 is 1.39. The Bertz CT molecular complexity index is 582. The maximum Gasteiger partial charge on any atom is 0.405 e. The van der Waals surface area contributed by atoms with E-state index in [-0.39, 0.29) is 0 Å². The zero-order valence-electron chi connectivity index (χ0n) is 11.2. The minimum atomic E-state index is -4.26. The van der Waals surface area contributed by atoms with Crippen LogP contribution in [0.25, 0.3) is 10.2 Å². The fourth-order valence-electron chi connectivity index (χ4n) is 1.94. The molecule has 0 unspecified atom stereocenters. The first-order valence-corrected chi connectivity index (χ1v) is 7.07. The summed E-state index contributed by atoms with van der Waals surface area (Å²) in [6.45, 7) is 1.13. The van der Waals surface area contributed by atoms with Gasteiger partial charge in [0.1, 0.15) is 17.2 Å². The third kappa shape index (κ3) is 3.30. The van der Waals surface area contributed by atoms with E-state index in [2.05, 4.69) is 15.3 Å². The van der Waals surface area contributed by atoms with E-state index in [1.54, 1.807) is 18.5 Å². The Hall–Kier alpha value is -1.57. The molecule has 0 bridgehead atoms. The first-order valence-electron chi connectivity index (χ1n) is 6.19. The molecule has 1 N–H and O–H groups in total. The Balaban J connectivity index is 2.48. The molecule has 20 heavy (non-hydrogen) atoms. The Morgan fingerprint density at radius 1 is 1.35 bits per heavy atom. The van der Waals surface area contributed by atoms with Crippen molar-refractivity contribution in [2.45, 2.75) is 19.5 Å². The summed E-state index contributed by atoms with van der Waals surface area (Å²) in [5, 5.41) is 5.25. The molecule has 0 spiro atoms. The van der Waals surface area contributed by atoms with Crippen molar-refractivity contribution < 1.29 is 13.2 Å². The molecule has 0 saturated carbocycles. The topological polar surface area (TPSA) is 41.1 Å². The molecular weight excluding hydrogens is 289 g/mol. The monoisotopic (exact) mass is 304 g/mol. The van der Waals surface area contributed by atoms with E-state index in [1.165, 1.54) is 16.2 Å². The van der Waals surface area contributed by atoms with E-state index >= 15 is 0 Å². The number of hydrogen-bond donors (Lipinski definition) is 1. The van der Waals surface area contributed by atoms with Crippen LogP contribution < -0.4 is 10.2 Å². The van der Waals surface area contributed by atoms with Crippen LogP contribution in [0.5, 0.6) is 0 Å². The normalized spacial score (nSPS) is 11.8. The van der Waals surface area contributed by atoms with E-state index in [9.17, 15) is 13.2 Å². The SMILES string of the molecule is CCCN(CC(F)(F)F)c1nc(NC)nc2sccc12. The number of fused-ring (bicyclic) bond motifs is 1. The van der Waals surface area contributed by atoms with Gasteiger partial charge in [0, 0.05) is 13.6 Å². The van der Waals surface area contributed by atoms with Gasteiger partial charge in [-0.15, -0.1) is 11.3 Å². The number of halogens is 3. The van der Waals surface area contributed by atoms with Crippen LogP contribution in [0, 0.1) is 0 Å². The third-order valence-electron chi connectivity index (χ3n) is 2.69. The zero-order chi connectivity index (χ0) is 14.8. The van der Waals surface area contributed by atoms with Crippen LogP contribution in [0.4, 0.5) is 24.9 Å². The highest BCUT2D eigenvalue weighted by molar-refractivity contribution is 7.16. The summed E-state index contributed by atoms with van der Waals surface area (Å²) in [7, 11) is 1.65. The van der Waals surface area contributed by atoms with Gasteiger partial charge in [0.15, 0.2) is 0 Å². The van der Waals surface area contributed by atoms with Crippen LogP contribution >= 0.6 is 11.3 Å². The van der Waals surface area contributed by atoms with E-state index < -0.39 is 12.7 Å². The lowest BCUT2D eigenvalue weighted by Gasteiger charge is -2.25. The lowest BCUT2D eigenvalue weighted by Crippen LogP contribution is -2.35. The predicted octanol–water partition coefficient (Wildman–Crippen LogP) is 3.51. The van der Waals surface area contributed by atoms with Crippen molar-refractivity contribution in [3.63, 3.8) is 0 Å². The lowest BCUT2D eigenvalue weighted by atomic mass is 10.3. The van der Waals surface area contributed by atoms with Crippen molar-refractivity contribution in [3.8, 4) is 0 Å². The molecule has 2 aromatic heterocycles. The summed E-state index contributed by atoms with van der Waals surface area (Å²) in [5.74, 6) is 0.665. The molecule has 2 heterocycles. The van der Waals surface area contributed by atoms with Gasteiger partial charge in [-0.25, -0.2) is 4.98 Å². The molecule has 0 saturated heterocycles. The molecule has 0 fully saturated rings. The van der Waals surface area contributed by atoms with E-state index in [0.717, 1.165) is 0 Å². The van der Waals surface area contributed by atoms with E-state index in [0.29, 0.717) is 34.9 Å². The van der Waals surface area contributed by atoms with Gasteiger partial charge in [-0.3, -0.25) is 0 Å². The molecular formula is C12H15F3N4S. The summed E-state index contributed by atoms with van der Waals surface area (Å²) in [4.78, 5) is 10.4. The minimum Gasteiger partial charge on any atom is -0.357 e. The zero-order valence-corrected chi connectivity index (χ0v) is 12.0. The van der Waals surface area contributed by atoms with Crippen LogP contribution in [0.15, 0.2) is 11.4 Å². The van der Waals surface area contributed by atoms with Gasteiger partial charge in [-0.2, -0.15) is 18.2 Å². The van der Waals surface area contributed by atoms with Crippen molar-refractivity contribution in [1.29, 1.82) is 0 Å². The first-order chi connectivity index (χ1) is 9.44. The van der Waals surface area contributed by atoms with Gasteiger partial charge in [0.2, 0.25) is 5.95 Å². The molecule has 0 radical (unpaired) electrons. The van der Waals surface area contributed by atoms with Crippen molar-refractivity contribution in [1.82, 2.24) is 9.97 Å². The molecule has 0 amide bonds. The van der Waals surface area contributed by atoms with Crippen molar-refractivity contribution >= 4 is 33.3 Å². The number of alkyl halides is 3. The molecule has 0 aliphatic rings. The van der Waals surface area contributed by atoms with Gasteiger partial charge in [-0.1, -0.05) is 6.92 Å². The highest BCUT2D eigenvalue weighted by Gasteiger charge is 2.32.